The summed E-state index contributed by atoms with van der Waals surface area (Å²) in [7, 11) is 0. The van der Waals surface area contributed by atoms with Crippen molar-refractivity contribution < 1.29 is 9.90 Å². The second-order valence-electron chi connectivity index (χ2n) is 4.95. The second-order valence-corrected chi connectivity index (χ2v) is 5.35. The van der Waals surface area contributed by atoms with Crippen molar-refractivity contribution in [2.24, 2.45) is 0 Å². The Morgan fingerprint density at radius 3 is 2.74 bits per heavy atom. The van der Waals surface area contributed by atoms with Gasteiger partial charge in [0.2, 0.25) is 5.91 Å². The third-order valence-corrected chi connectivity index (χ3v) is 3.48. The van der Waals surface area contributed by atoms with Crippen LogP contribution in [0.4, 0.5) is 0 Å². The number of carbonyl (C=O) groups is 1. The molecule has 1 unspecified atom stereocenters. The van der Waals surface area contributed by atoms with Gasteiger partial charge in [0.1, 0.15) is 0 Å². The topological polar surface area (TPSA) is 71.3 Å². The molecule has 0 aliphatic heterocycles. The van der Waals surface area contributed by atoms with Crippen molar-refractivity contribution >= 4 is 23.6 Å². The number of rotatable bonds is 6. The number of hydrogen-bond donors (Lipinski definition) is 2. The van der Waals surface area contributed by atoms with Crippen LogP contribution in [0.2, 0.25) is 5.02 Å². The summed E-state index contributed by atoms with van der Waals surface area (Å²) in [5, 5.41) is 13.0. The molecule has 1 atom stereocenters. The van der Waals surface area contributed by atoms with Gasteiger partial charge in [0, 0.05) is 29.9 Å². The predicted octanol–water partition coefficient (Wildman–Crippen LogP) is 1.69. The molecular weight excluding hydrogens is 316 g/mol. The van der Waals surface area contributed by atoms with E-state index < -0.39 is 6.10 Å². The molecule has 1 aromatic carbocycles. The smallest absolute Gasteiger partial charge is 0.250 e. The lowest BCUT2D eigenvalue weighted by Crippen LogP contribution is -2.35. The number of aromatic nitrogens is 1. The standard InChI is InChI=1S/C17H17ClN2O3/c18-15-6-2-1-5-13(15)8-9-16(22)19-11-14(21)12-20-10-4-3-7-17(20)23/h1-10,14,21H,11-12H2,(H,19,22)/b9-8+. The molecule has 120 valence electrons. The van der Waals surface area contributed by atoms with Crippen molar-refractivity contribution in [3.8, 4) is 0 Å². The Kier molecular flexibility index (Phi) is 6.14. The SMILES string of the molecule is O=C(/C=C/c1ccccc1Cl)NCC(O)Cn1ccccc1=O. The zero-order valence-electron chi connectivity index (χ0n) is 12.4. The van der Waals surface area contributed by atoms with E-state index in [9.17, 15) is 14.7 Å². The summed E-state index contributed by atoms with van der Waals surface area (Å²) < 4.78 is 1.39. The predicted molar refractivity (Wildman–Crippen MR) is 90.2 cm³/mol. The van der Waals surface area contributed by atoms with Crippen molar-refractivity contribution in [2.45, 2.75) is 12.6 Å². The number of nitrogens with zero attached hydrogens (tertiary/aromatic N) is 1. The summed E-state index contributed by atoms with van der Waals surface area (Å²) in [6, 6.07) is 11.9. The summed E-state index contributed by atoms with van der Waals surface area (Å²) in [6.45, 7) is 0.168. The molecule has 2 aromatic rings. The molecule has 0 saturated heterocycles. The van der Waals surface area contributed by atoms with Crippen LogP contribution in [-0.4, -0.2) is 28.2 Å². The van der Waals surface area contributed by atoms with E-state index in [1.807, 2.05) is 12.1 Å². The van der Waals surface area contributed by atoms with Gasteiger partial charge >= 0.3 is 0 Å². The highest BCUT2D eigenvalue weighted by molar-refractivity contribution is 6.32. The molecule has 0 aliphatic rings. The van der Waals surface area contributed by atoms with Crippen molar-refractivity contribution in [1.82, 2.24) is 9.88 Å². The minimum absolute atomic E-state index is 0.0486. The molecule has 5 nitrogen and oxygen atoms in total. The van der Waals surface area contributed by atoms with Crippen LogP contribution in [0.1, 0.15) is 5.56 Å². The fourth-order valence-electron chi connectivity index (χ4n) is 1.96. The van der Waals surface area contributed by atoms with Crippen LogP contribution < -0.4 is 10.9 Å². The van der Waals surface area contributed by atoms with Gasteiger partial charge in [-0.2, -0.15) is 0 Å². The number of amides is 1. The van der Waals surface area contributed by atoms with Crippen LogP contribution in [0.15, 0.2) is 59.5 Å². The van der Waals surface area contributed by atoms with E-state index in [1.165, 1.54) is 16.7 Å². The van der Waals surface area contributed by atoms with Crippen LogP contribution in [0, 0.1) is 0 Å². The van der Waals surface area contributed by atoms with Gasteiger partial charge in [-0.05, 0) is 23.8 Å². The van der Waals surface area contributed by atoms with Crippen molar-refractivity contribution in [2.75, 3.05) is 6.54 Å². The Morgan fingerprint density at radius 1 is 1.26 bits per heavy atom. The third-order valence-electron chi connectivity index (χ3n) is 3.14. The van der Waals surface area contributed by atoms with Crippen molar-refractivity contribution in [3.63, 3.8) is 0 Å². The highest BCUT2D eigenvalue weighted by Gasteiger charge is 2.07. The number of pyridine rings is 1. The van der Waals surface area contributed by atoms with Crippen LogP contribution in [0.5, 0.6) is 0 Å². The summed E-state index contributed by atoms with van der Waals surface area (Å²) in [6.07, 6.45) is 3.69. The monoisotopic (exact) mass is 332 g/mol. The summed E-state index contributed by atoms with van der Waals surface area (Å²) in [4.78, 5) is 23.3. The normalized spacial score (nSPS) is 12.3. The lowest BCUT2D eigenvalue weighted by Gasteiger charge is -2.12. The molecule has 1 amide bonds. The van der Waals surface area contributed by atoms with Gasteiger partial charge in [0.05, 0.1) is 12.6 Å². The minimum Gasteiger partial charge on any atom is -0.389 e. The average Bonchev–Trinajstić information content (AvgIpc) is 2.54. The third kappa shape index (κ3) is 5.39. The maximum atomic E-state index is 11.7. The van der Waals surface area contributed by atoms with E-state index in [4.69, 9.17) is 11.6 Å². The summed E-state index contributed by atoms with van der Waals surface area (Å²) in [5.41, 5.74) is 0.539. The van der Waals surface area contributed by atoms with Gasteiger partial charge < -0.3 is 15.0 Å². The number of carbonyl (C=O) groups excluding carboxylic acids is 1. The van der Waals surface area contributed by atoms with Gasteiger partial charge in [0.25, 0.3) is 5.56 Å². The van der Waals surface area contributed by atoms with Crippen LogP contribution in [-0.2, 0) is 11.3 Å². The lowest BCUT2D eigenvalue weighted by atomic mass is 10.2. The highest BCUT2D eigenvalue weighted by Crippen LogP contribution is 2.15. The minimum atomic E-state index is -0.854. The van der Waals surface area contributed by atoms with Crippen molar-refractivity contribution in [1.29, 1.82) is 0 Å². The molecule has 1 aromatic heterocycles. The Bertz CT molecular complexity index is 755. The largest absolute Gasteiger partial charge is 0.389 e. The molecule has 0 radical (unpaired) electrons. The van der Waals surface area contributed by atoms with Gasteiger partial charge in [-0.15, -0.1) is 0 Å². The first kappa shape index (κ1) is 17.0. The van der Waals surface area contributed by atoms with E-state index >= 15 is 0 Å². The summed E-state index contributed by atoms with van der Waals surface area (Å²) >= 11 is 5.98. The van der Waals surface area contributed by atoms with E-state index in [0.29, 0.717) is 5.02 Å². The molecule has 23 heavy (non-hydrogen) atoms. The van der Waals surface area contributed by atoms with E-state index in [0.717, 1.165) is 5.56 Å². The van der Waals surface area contributed by atoms with Gasteiger partial charge in [-0.25, -0.2) is 0 Å². The Labute approximate surface area is 138 Å². The number of benzene rings is 1. The fourth-order valence-corrected chi connectivity index (χ4v) is 2.15. The Morgan fingerprint density at radius 2 is 2.00 bits per heavy atom. The molecule has 0 bridgehead atoms. The zero-order chi connectivity index (χ0) is 16.7. The first-order valence-corrected chi connectivity index (χ1v) is 7.48. The maximum Gasteiger partial charge on any atom is 0.250 e. The first-order valence-electron chi connectivity index (χ1n) is 7.10. The number of aliphatic hydroxyl groups excluding tert-OH is 1. The molecule has 2 rings (SSSR count). The van der Waals surface area contributed by atoms with E-state index in [-0.39, 0.29) is 24.6 Å². The molecule has 0 saturated carbocycles. The molecule has 6 heteroatoms. The number of aliphatic hydroxyl groups is 1. The fraction of sp³-hybridized carbons (Fsp3) is 0.176. The van der Waals surface area contributed by atoms with E-state index in [2.05, 4.69) is 5.32 Å². The number of halogens is 1. The quantitative estimate of drug-likeness (QED) is 0.791. The molecule has 1 heterocycles. The van der Waals surface area contributed by atoms with Crippen molar-refractivity contribution in [3.05, 3.63) is 75.7 Å². The molecule has 0 spiro atoms. The van der Waals surface area contributed by atoms with Crippen LogP contribution >= 0.6 is 11.6 Å². The Balaban J connectivity index is 1.83. The zero-order valence-corrected chi connectivity index (χ0v) is 13.1. The first-order chi connectivity index (χ1) is 11.1. The Hall–Kier alpha value is -2.37. The molecule has 2 N–H and O–H groups in total. The number of nitrogens with one attached hydrogen (secondary N) is 1. The maximum absolute atomic E-state index is 11.7. The van der Waals surface area contributed by atoms with Gasteiger partial charge in [-0.1, -0.05) is 35.9 Å². The highest BCUT2D eigenvalue weighted by atomic mass is 35.5. The lowest BCUT2D eigenvalue weighted by molar-refractivity contribution is -0.116. The van der Waals surface area contributed by atoms with E-state index in [1.54, 1.807) is 36.5 Å². The molecular formula is C17H17ClN2O3. The average molecular weight is 333 g/mol. The molecule has 0 fully saturated rings. The van der Waals surface area contributed by atoms with Gasteiger partial charge in [-0.3, -0.25) is 9.59 Å². The van der Waals surface area contributed by atoms with Crippen LogP contribution in [0.25, 0.3) is 6.08 Å². The number of hydrogen-bond acceptors (Lipinski definition) is 3. The second kappa shape index (κ2) is 8.31. The van der Waals surface area contributed by atoms with Crippen LogP contribution in [0.3, 0.4) is 0 Å². The molecule has 0 aliphatic carbocycles. The van der Waals surface area contributed by atoms with Gasteiger partial charge in [0.15, 0.2) is 0 Å². The summed E-state index contributed by atoms with van der Waals surface area (Å²) in [5.74, 6) is -0.343.